The number of halogens is 2. The number of rotatable bonds is 2. The van der Waals surface area contributed by atoms with Gasteiger partial charge >= 0.3 is 0 Å². The van der Waals surface area contributed by atoms with E-state index in [9.17, 15) is 4.39 Å². The van der Waals surface area contributed by atoms with Crippen LogP contribution in [-0.4, -0.2) is 6.54 Å². The zero-order valence-corrected chi connectivity index (χ0v) is 9.52. The van der Waals surface area contributed by atoms with Crippen LogP contribution in [0.3, 0.4) is 0 Å². The smallest absolute Gasteiger partial charge is 0.122 e. The lowest BCUT2D eigenvalue weighted by Gasteiger charge is -2.14. The van der Waals surface area contributed by atoms with Gasteiger partial charge in [0, 0.05) is 11.1 Å². The van der Waals surface area contributed by atoms with Crippen LogP contribution in [0.25, 0.3) is 0 Å². The van der Waals surface area contributed by atoms with Gasteiger partial charge in [0.15, 0.2) is 0 Å². The Balaban J connectivity index is 2.25. The van der Waals surface area contributed by atoms with Gasteiger partial charge in [0.05, 0.1) is 0 Å². The Bertz CT molecular complexity index is 345. The van der Waals surface area contributed by atoms with E-state index in [0.717, 1.165) is 18.5 Å². The Kier molecular flexibility index (Phi) is 3.27. The molecule has 2 unspecified atom stereocenters. The molecule has 1 saturated heterocycles. The van der Waals surface area contributed by atoms with Crippen LogP contribution in [0.15, 0.2) is 18.2 Å². The predicted molar refractivity (Wildman–Crippen MR) is 61.0 cm³/mol. The molecule has 1 aliphatic rings. The minimum absolute atomic E-state index is 0.349. The van der Waals surface area contributed by atoms with Gasteiger partial charge in [-0.15, -0.1) is 0 Å². The molecule has 0 bridgehead atoms. The molecule has 0 spiro atoms. The molecule has 0 saturated carbocycles. The number of hydrogen-bond acceptors (Lipinski definition) is 1. The highest BCUT2D eigenvalue weighted by Gasteiger charge is 2.19. The van der Waals surface area contributed by atoms with E-state index in [1.165, 1.54) is 13.3 Å². The second-order valence-electron chi connectivity index (χ2n) is 4.05. The number of hydrogen-bond donors (Lipinski definition) is 1. The first-order valence-corrected chi connectivity index (χ1v) is 5.73. The van der Waals surface area contributed by atoms with Gasteiger partial charge in [-0.05, 0) is 43.5 Å². The first-order chi connectivity index (χ1) is 7.18. The average molecular weight is 228 g/mol. The van der Waals surface area contributed by atoms with Crippen molar-refractivity contribution in [3.63, 3.8) is 0 Å². The fourth-order valence-electron chi connectivity index (χ4n) is 2.02. The maximum atomic E-state index is 13.0. The number of benzene rings is 1. The summed E-state index contributed by atoms with van der Waals surface area (Å²) in [5.41, 5.74) is 1.75. The molecule has 1 N–H and O–H groups in total. The van der Waals surface area contributed by atoms with Gasteiger partial charge < -0.3 is 5.32 Å². The van der Waals surface area contributed by atoms with Gasteiger partial charge in [-0.1, -0.05) is 23.7 Å². The van der Waals surface area contributed by atoms with Crippen LogP contribution in [0.1, 0.15) is 43.1 Å². The molecule has 1 fully saturated rings. The summed E-state index contributed by atoms with van der Waals surface area (Å²) in [4.78, 5) is 0. The number of nitrogens with one attached hydrogen (secondary N) is 1. The van der Waals surface area contributed by atoms with Crippen LogP contribution in [0.2, 0.25) is 5.02 Å². The van der Waals surface area contributed by atoms with Crippen molar-refractivity contribution in [1.82, 2.24) is 5.32 Å². The second-order valence-corrected chi connectivity index (χ2v) is 4.45. The molecule has 2 atom stereocenters. The first kappa shape index (κ1) is 10.9. The van der Waals surface area contributed by atoms with E-state index >= 15 is 0 Å². The molecule has 3 heteroatoms. The highest BCUT2D eigenvalue weighted by Crippen LogP contribution is 2.31. The third-order valence-electron chi connectivity index (χ3n) is 2.92. The van der Waals surface area contributed by atoms with Gasteiger partial charge in [-0.2, -0.15) is 0 Å². The molecule has 0 aromatic heterocycles. The van der Waals surface area contributed by atoms with Crippen molar-refractivity contribution in [2.24, 2.45) is 0 Å². The van der Waals surface area contributed by atoms with Crippen LogP contribution in [-0.2, 0) is 0 Å². The van der Waals surface area contributed by atoms with Gasteiger partial charge in [0.25, 0.3) is 0 Å². The first-order valence-electron chi connectivity index (χ1n) is 5.35. The van der Waals surface area contributed by atoms with Crippen molar-refractivity contribution < 1.29 is 4.39 Å². The molecule has 2 rings (SSSR count). The fourth-order valence-corrected chi connectivity index (χ4v) is 2.34. The highest BCUT2D eigenvalue weighted by atomic mass is 35.5. The van der Waals surface area contributed by atoms with E-state index in [2.05, 4.69) is 5.32 Å². The maximum Gasteiger partial charge on any atom is 0.122 e. The van der Waals surface area contributed by atoms with Gasteiger partial charge in [0.2, 0.25) is 0 Å². The van der Waals surface area contributed by atoms with Gasteiger partial charge in [-0.3, -0.25) is 0 Å². The summed E-state index contributed by atoms with van der Waals surface area (Å²) in [7, 11) is 0. The molecule has 1 aromatic rings. The van der Waals surface area contributed by atoms with E-state index in [1.807, 2.05) is 12.1 Å². The molecule has 0 radical (unpaired) electrons. The summed E-state index contributed by atoms with van der Waals surface area (Å²) in [5, 5.41) is 4.06. The molecule has 0 amide bonds. The Morgan fingerprint density at radius 2 is 2.33 bits per heavy atom. The molecular formula is C12H15ClFN. The quantitative estimate of drug-likeness (QED) is 0.811. The summed E-state index contributed by atoms with van der Waals surface area (Å²) < 4.78 is 13.0. The monoisotopic (exact) mass is 227 g/mol. The summed E-state index contributed by atoms with van der Waals surface area (Å²) >= 11 is 6.15. The van der Waals surface area contributed by atoms with E-state index in [1.54, 1.807) is 6.07 Å². The van der Waals surface area contributed by atoms with Crippen LogP contribution in [0, 0.1) is 0 Å². The average Bonchev–Trinajstić information content (AvgIpc) is 2.70. The number of alkyl halides is 1. The van der Waals surface area contributed by atoms with E-state index < -0.39 is 6.17 Å². The standard InChI is InChI=1S/C12H15ClFN/c1-8(14)9-4-5-10(11(13)7-9)12-3-2-6-15-12/h4-5,7-8,12,15H,2-3,6H2,1H3. The molecule has 1 aliphatic heterocycles. The molecule has 0 aliphatic carbocycles. The topological polar surface area (TPSA) is 12.0 Å². The van der Waals surface area contributed by atoms with E-state index in [0.29, 0.717) is 16.6 Å². The van der Waals surface area contributed by atoms with Crippen LogP contribution >= 0.6 is 11.6 Å². The third-order valence-corrected chi connectivity index (χ3v) is 3.25. The van der Waals surface area contributed by atoms with Crippen molar-refractivity contribution >= 4 is 11.6 Å². The van der Waals surface area contributed by atoms with Crippen molar-refractivity contribution in [3.05, 3.63) is 34.3 Å². The van der Waals surface area contributed by atoms with E-state index in [4.69, 9.17) is 11.6 Å². The molecule has 1 nitrogen and oxygen atoms in total. The fraction of sp³-hybridized carbons (Fsp3) is 0.500. The van der Waals surface area contributed by atoms with Crippen LogP contribution < -0.4 is 5.32 Å². The minimum atomic E-state index is -0.951. The molecule has 82 valence electrons. The summed E-state index contributed by atoms with van der Waals surface area (Å²) in [6.07, 6.45) is 1.35. The zero-order valence-electron chi connectivity index (χ0n) is 8.76. The van der Waals surface area contributed by atoms with Gasteiger partial charge in [-0.25, -0.2) is 4.39 Å². The van der Waals surface area contributed by atoms with Crippen molar-refractivity contribution in [2.45, 2.75) is 32.0 Å². The zero-order chi connectivity index (χ0) is 10.8. The summed E-state index contributed by atoms with van der Waals surface area (Å²) in [6, 6.07) is 5.85. The Morgan fingerprint density at radius 1 is 1.53 bits per heavy atom. The largest absolute Gasteiger partial charge is 0.310 e. The van der Waals surface area contributed by atoms with Gasteiger partial charge in [0.1, 0.15) is 6.17 Å². The molecule has 1 aromatic carbocycles. The predicted octanol–water partition coefficient (Wildman–Crippen LogP) is 3.80. The van der Waals surface area contributed by atoms with Crippen LogP contribution in [0.4, 0.5) is 4.39 Å². The normalized spacial score (nSPS) is 23.0. The van der Waals surface area contributed by atoms with Crippen molar-refractivity contribution in [2.75, 3.05) is 6.54 Å². The molecular weight excluding hydrogens is 213 g/mol. The SMILES string of the molecule is CC(F)c1ccc(C2CCCN2)c(Cl)c1. The lowest BCUT2D eigenvalue weighted by Crippen LogP contribution is -2.13. The minimum Gasteiger partial charge on any atom is -0.310 e. The lowest BCUT2D eigenvalue weighted by molar-refractivity contribution is 0.374. The molecule has 1 heterocycles. The van der Waals surface area contributed by atoms with Crippen molar-refractivity contribution in [3.8, 4) is 0 Å². The third kappa shape index (κ3) is 2.32. The summed E-state index contributed by atoms with van der Waals surface area (Å²) in [5.74, 6) is 0. The Morgan fingerprint density at radius 3 is 2.87 bits per heavy atom. The highest BCUT2D eigenvalue weighted by molar-refractivity contribution is 6.31. The summed E-state index contributed by atoms with van der Waals surface area (Å²) in [6.45, 7) is 2.57. The van der Waals surface area contributed by atoms with Crippen LogP contribution in [0.5, 0.6) is 0 Å². The lowest BCUT2D eigenvalue weighted by atomic mass is 10.0. The van der Waals surface area contributed by atoms with Crippen molar-refractivity contribution in [1.29, 1.82) is 0 Å². The Labute approximate surface area is 94.6 Å². The molecule has 15 heavy (non-hydrogen) atoms. The maximum absolute atomic E-state index is 13.0. The van der Waals surface area contributed by atoms with E-state index in [-0.39, 0.29) is 0 Å². The Hall–Kier alpha value is -0.600. The second kappa shape index (κ2) is 4.50.